The molecule has 17 heavy (non-hydrogen) atoms. The molecular formula is C14H8O3. The van der Waals surface area contributed by atoms with Crippen LogP contribution in [0.2, 0.25) is 0 Å². The molecule has 0 unspecified atom stereocenters. The van der Waals surface area contributed by atoms with Crippen LogP contribution in [0.25, 0.3) is 32.7 Å². The zero-order valence-corrected chi connectivity index (χ0v) is 8.81. The van der Waals surface area contributed by atoms with Gasteiger partial charge in [0.05, 0.1) is 12.5 Å². The molecule has 2 heterocycles. The van der Waals surface area contributed by atoms with Crippen molar-refractivity contribution in [2.75, 3.05) is 0 Å². The average molecular weight is 224 g/mol. The summed E-state index contributed by atoms with van der Waals surface area (Å²) in [5.74, 6) is 0.213. The number of furan rings is 2. The fourth-order valence-corrected chi connectivity index (χ4v) is 2.23. The number of hydrogen-bond donors (Lipinski definition) is 1. The van der Waals surface area contributed by atoms with Crippen molar-refractivity contribution in [1.29, 1.82) is 0 Å². The second-order valence-corrected chi connectivity index (χ2v) is 4.13. The van der Waals surface area contributed by atoms with Gasteiger partial charge in [-0.15, -0.1) is 0 Å². The highest BCUT2D eigenvalue weighted by molar-refractivity contribution is 6.10. The molecule has 3 nitrogen and oxygen atoms in total. The Hall–Kier alpha value is -2.42. The van der Waals surface area contributed by atoms with E-state index in [-0.39, 0.29) is 5.75 Å². The van der Waals surface area contributed by atoms with E-state index in [4.69, 9.17) is 8.83 Å². The van der Waals surface area contributed by atoms with Crippen molar-refractivity contribution in [3.8, 4) is 5.75 Å². The lowest BCUT2D eigenvalue weighted by Crippen LogP contribution is -1.67. The van der Waals surface area contributed by atoms with Crippen LogP contribution in [0.3, 0.4) is 0 Å². The predicted molar refractivity (Wildman–Crippen MR) is 65.2 cm³/mol. The van der Waals surface area contributed by atoms with Gasteiger partial charge in [0, 0.05) is 27.6 Å². The van der Waals surface area contributed by atoms with E-state index in [9.17, 15) is 5.11 Å². The maximum atomic E-state index is 9.43. The van der Waals surface area contributed by atoms with Crippen LogP contribution >= 0.6 is 0 Å². The lowest BCUT2D eigenvalue weighted by Gasteiger charge is -1.90. The summed E-state index contributed by atoms with van der Waals surface area (Å²) < 4.78 is 10.9. The zero-order valence-electron chi connectivity index (χ0n) is 8.81. The summed E-state index contributed by atoms with van der Waals surface area (Å²) in [5, 5.41) is 13.5. The van der Waals surface area contributed by atoms with Crippen molar-refractivity contribution in [3.63, 3.8) is 0 Å². The smallest absolute Gasteiger partial charge is 0.139 e. The Morgan fingerprint density at radius 2 is 1.59 bits per heavy atom. The molecule has 4 rings (SSSR count). The molecule has 3 heteroatoms. The van der Waals surface area contributed by atoms with Crippen molar-refractivity contribution >= 4 is 32.7 Å². The van der Waals surface area contributed by atoms with Crippen LogP contribution in [-0.4, -0.2) is 5.11 Å². The zero-order chi connectivity index (χ0) is 11.4. The normalized spacial score (nSPS) is 11.8. The molecule has 1 N–H and O–H groups in total. The van der Waals surface area contributed by atoms with Gasteiger partial charge in [-0.1, -0.05) is 0 Å². The van der Waals surface area contributed by atoms with Crippen LogP contribution < -0.4 is 0 Å². The number of phenolic OH excluding ortho intramolecular Hbond substituents is 1. The molecule has 0 aliphatic heterocycles. The molecule has 4 aromatic rings. The molecule has 82 valence electrons. The van der Waals surface area contributed by atoms with E-state index < -0.39 is 0 Å². The summed E-state index contributed by atoms with van der Waals surface area (Å²) in [6.45, 7) is 0. The molecule has 0 atom stereocenters. The van der Waals surface area contributed by atoms with Gasteiger partial charge in [0.15, 0.2) is 0 Å². The Kier molecular flexibility index (Phi) is 1.45. The number of hydrogen-bond acceptors (Lipinski definition) is 3. The van der Waals surface area contributed by atoms with Gasteiger partial charge >= 0.3 is 0 Å². The Labute approximate surface area is 95.9 Å². The van der Waals surface area contributed by atoms with Crippen LogP contribution in [-0.2, 0) is 0 Å². The van der Waals surface area contributed by atoms with Crippen molar-refractivity contribution in [2.24, 2.45) is 0 Å². The van der Waals surface area contributed by atoms with Gasteiger partial charge in [0.2, 0.25) is 0 Å². The molecular weight excluding hydrogens is 216 g/mol. The van der Waals surface area contributed by atoms with E-state index in [1.54, 1.807) is 24.7 Å². The third kappa shape index (κ3) is 1.11. The number of aromatic hydroxyl groups is 1. The molecule has 0 bridgehead atoms. The Bertz CT molecular complexity index is 852. The second-order valence-electron chi connectivity index (χ2n) is 4.13. The number of rotatable bonds is 0. The summed E-state index contributed by atoms with van der Waals surface area (Å²) in [7, 11) is 0. The molecule has 0 fully saturated rings. The van der Waals surface area contributed by atoms with Gasteiger partial charge in [-0.3, -0.25) is 0 Å². The Morgan fingerprint density at radius 1 is 0.824 bits per heavy atom. The third-order valence-corrected chi connectivity index (χ3v) is 3.05. The third-order valence-electron chi connectivity index (χ3n) is 3.05. The first-order valence-electron chi connectivity index (χ1n) is 5.32. The van der Waals surface area contributed by atoms with E-state index in [0.29, 0.717) is 5.58 Å². The SMILES string of the molecule is Oc1ccc2c(c1)oc1cc3cocc3cc12. The van der Waals surface area contributed by atoms with Crippen molar-refractivity contribution in [3.05, 3.63) is 42.9 Å². The fraction of sp³-hybridized carbons (Fsp3) is 0. The van der Waals surface area contributed by atoms with E-state index in [2.05, 4.69) is 0 Å². The van der Waals surface area contributed by atoms with E-state index in [1.165, 1.54) is 0 Å². The molecule has 2 aromatic carbocycles. The maximum Gasteiger partial charge on any atom is 0.139 e. The van der Waals surface area contributed by atoms with Gasteiger partial charge in [-0.25, -0.2) is 0 Å². The minimum Gasteiger partial charge on any atom is -0.508 e. The molecule has 0 saturated carbocycles. The standard InChI is InChI=1S/C14H8O3/c15-10-1-2-11-12-3-8-6-16-7-9(8)4-13(12)17-14(11)5-10/h1-7,15H. The predicted octanol–water partition coefficient (Wildman–Crippen LogP) is 4.04. The van der Waals surface area contributed by atoms with Gasteiger partial charge < -0.3 is 13.9 Å². The van der Waals surface area contributed by atoms with Gasteiger partial charge in [0.25, 0.3) is 0 Å². The van der Waals surface area contributed by atoms with Gasteiger partial charge in [-0.05, 0) is 24.3 Å². The first kappa shape index (κ1) is 8.70. The van der Waals surface area contributed by atoms with Gasteiger partial charge in [0.1, 0.15) is 16.9 Å². The molecule has 2 aromatic heterocycles. The highest BCUT2D eigenvalue weighted by Crippen LogP contribution is 2.33. The minimum absolute atomic E-state index is 0.213. The average Bonchev–Trinajstić information content (AvgIpc) is 2.87. The van der Waals surface area contributed by atoms with Crippen molar-refractivity contribution < 1.29 is 13.9 Å². The second kappa shape index (κ2) is 2.83. The highest BCUT2D eigenvalue weighted by atomic mass is 16.3. The first-order valence-corrected chi connectivity index (χ1v) is 5.32. The topological polar surface area (TPSA) is 46.5 Å². The quantitative estimate of drug-likeness (QED) is 0.490. The van der Waals surface area contributed by atoms with Crippen LogP contribution in [0.4, 0.5) is 0 Å². The Morgan fingerprint density at radius 3 is 2.47 bits per heavy atom. The Balaban J connectivity index is 2.26. The van der Waals surface area contributed by atoms with Crippen molar-refractivity contribution in [1.82, 2.24) is 0 Å². The summed E-state index contributed by atoms with van der Waals surface area (Å²) in [4.78, 5) is 0. The number of phenols is 1. The highest BCUT2D eigenvalue weighted by Gasteiger charge is 2.09. The largest absolute Gasteiger partial charge is 0.508 e. The van der Waals surface area contributed by atoms with E-state index in [0.717, 1.165) is 27.1 Å². The monoisotopic (exact) mass is 224 g/mol. The molecule has 0 radical (unpaired) electrons. The lowest BCUT2D eigenvalue weighted by atomic mass is 10.1. The van der Waals surface area contributed by atoms with E-state index in [1.807, 2.05) is 18.2 Å². The fourth-order valence-electron chi connectivity index (χ4n) is 2.23. The minimum atomic E-state index is 0.213. The molecule has 0 spiro atoms. The van der Waals surface area contributed by atoms with Gasteiger partial charge in [-0.2, -0.15) is 0 Å². The number of benzene rings is 2. The van der Waals surface area contributed by atoms with Crippen LogP contribution in [0, 0.1) is 0 Å². The molecule has 0 aliphatic rings. The maximum absolute atomic E-state index is 9.43. The first-order chi connectivity index (χ1) is 8.31. The van der Waals surface area contributed by atoms with Crippen LogP contribution in [0.1, 0.15) is 0 Å². The lowest BCUT2D eigenvalue weighted by molar-refractivity contribution is 0.475. The summed E-state index contributed by atoms with van der Waals surface area (Å²) in [5.41, 5.74) is 1.50. The molecule has 0 aliphatic carbocycles. The molecule has 0 saturated heterocycles. The summed E-state index contributed by atoms with van der Waals surface area (Å²) >= 11 is 0. The van der Waals surface area contributed by atoms with Crippen LogP contribution in [0.15, 0.2) is 51.7 Å². The summed E-state index contributed by atoms with van der Waals surface area (Å²) in [6, 6.07) is 9.14. The summed E-state index contributed by atoms with van der Waals surface area (Å²) in [6.07, 6.45) is 3.41. The molecule has 0 amide bonds. The van der Waals surface area contributed by atoms with Crippen LogP contribution in [0.5, 0.6) is 5.75 Å². The van der Waals surface area contributed by atoms with Crippen molar-refractivity contribution in [2.45, 2.75) is 0 Å². The van der Waals surface area contributed by atoms with E-state index >= 15 is 0 Å². The number of fused-ring (bicyclic) bond motifs is 4.